The molecule has 2 fully saturated rings. The summed E-state index contributed by atoms with van der Waals surface area (Å²) in [5.74, 6) is 1.78. The van der Waals surface area contributed by atoms with Gasteiger partial charge in [0.15, 0.2) is 0 Å². The van der Waals surface area contributed by atoms with E-state index in [4.69, 9.17) is 0 Å². The standard InChI is InChI=1S/C19H38N2/c1-5-12-20-18-10-8-6-7-9-16(18)14-21-13-11-17(15-21)19(2,3)4/h16-18,20H,5-15H2,1-4H3. The molecule has 0 amide bonds. The fraction of sp³-hybridized carbons (Fsp3) is 1.00. The van der Waals surface area contributed by atoms with Crippen LogP contribution in [0.4, 0.5) is 0 Å². The normalized spacial score (nSPS) is 32.3. The summed E-state index contributed by atoms with van der Waals surface area (Å²) < 4.78 is 0. The fourth-order valence-electron chi connectivity index (χ4n) is 4.24. The third kappa shape index (κ3) is 5.25. The molecule has 0 radical (unpaired) electrons. The van der Waals surface area contributed by atoms with Crippen LogP contribution in [0.5, 0.6) is 0 Å². The average Bonchev–Trinajstić information content (AvgIpc) is 2.79. The molecule has 2 nitrogen and oxygen atoms in total. The van der Waals surface area contributed by atoms with E-state index in [1.54, 1.807) is 0 Å². The fourth-order valence-corrected chi connectivity index (χ4v) is 4.24. The van der Waals surface area contributed by atoms with Crippen molar-refractivity contribution in [3.8, 4) is 0 Å². The molecule has 3 atom stereocenters. The van der Waals surface area contributed by atoms with Crippen LogP contribution >= 0.6 is 0 Å². The van der Waals surface area contributed by atoms with Gasteiger partial charge in [-0.3, -0.25) is 0 Å². The van der Waals surface area contributed by atoms with E-state index in [0.29, 0.717) is 5.41 Å². The van der Waals surface area contributed by atoms with E-state index in [2.05, 4.69) is 37.9 Å². The van der Waals surface area contributed by atoms with Crippen molar-refractivity contribution in [2.75, 3.05) is 26.2 Å². The van der Waals surface area contributed by atoms with Crippen LogP contribution in [0.25, 0.3) is 0 Å². The number of rotatable bonds is 5. The molecule has 21 heavy (non-hydrogen) atoms. The Morgan fingerprint density at radius 2 is 1.81 bits per heavy atom. The third-order valence-corrected chi connectivity index (χ3v) is 5.81. The zero-order valence-electron chi connectivity index (χ0n) is 15.0. The van der Waals surface area contributed by atoms with Crippen LogP contribution in [0, 0.1) is 17.3 Å². The first-order valence-electron chi connectivity index (χ1n) is 9.46. The molecule has 1 heterocycles. The topological polar surface area (TPSA) is 15.3 Å². The van der Waals surface area contributed by atoms with E-state index >= 15 is 0 Å². The van der Waals surface area contributed by atoms with E-state index in [1.165, 1.54) is 71.1 Å². The number of nitrogens with zero attached hydrogens (tertiary/aromatic N) is 1. The second-order valence-electron chi connectivity index (χ2n) is 8.57. The SMILES string of the molecule is CCCNC1CCCCCC1CN1CCC(C(C)(C)C)C1. The predicted molar refractivity (Wildman–Crippen MR) is 92.7 cm³/mol. The lowest BCUT2D eigenvalue weighted by Gasteiger charge is -2.31. The molecule has 124 valence electrons. The molecule has 1 saturated heterocycles. The van der Waals surface area contributed by atoms with Gasteiger partial charge < -0.3 is 10.2 Å². The summed E-state index contributed by atoms with van der Waals surface area (Å²) in [6, 6.07) is 0.779. The summed E-state index contributed by atoms with van der Waals surface area (Å²) in [6.07, 6.45) is 9.85. The molecule has 1 saturated carbocycles. The highest BCUT2D eigenvalue weighted by Gasteiger charge is 2.33. The summed E-state index contributed by atoms with van der Waals surface area (Å²) in [6.45, 7) is 14.7. The van der Waals surface area contributed by atoms with Gasteiger partial charge in [-0.15, -0.1) is 0 Å². The Morgan fingerprint density at radius 3 is 2.48 bits per heavy atom. The van der Waals surface area contributed by atoms with Crippen LogP contribution < -0.4 is 5.32 Å². The first-order valence-corrected chi connectivity index (χ1v) is 9.46. The lowest BCUT2D eigenvalue weighted by atomic mass is 9.80. The maximum Gasteiger partial charge on any atom is 0.0107 e. The van der Waals surface area contributed by atoms with Gasteiger partial charge in [0.1, 0.15) is 0 Å². The minimum absolute atomic E-state index is 0.484. The minimum Gasteiger partial charge on any atom is -0.314 e. The molecule has 2 rings (SSSR count). The first kappa shape index (κ1) is 17.3. The average molecular weight is 295 g/mol. The molecule has 3 unspecified atom stereocenters. The van der Waals surface area contributed by atoms with Crippen molar-refractivity contribution in [2.45, 2.75) is 78.7 Å². The number of hydrogen-bond acceptors (Lipinski definition) is 2. The lowest BCUT2D eigenvalue weighted by Crippen LogP contribution is -2.42. The largest absolute Gasteiger partial charge is 0.314 e. The summed E-state index contributed by atoms with van der Waals surface area (Å²) in [7, 11) is 0. The quantitative estimate of drug-likeness (QED) is 0.760. The van der Waals surface area contributed by atoms with Crippen molar-refractivity contribution in [2.24, 2.45) is 17.3 Å². The van der Waals surface area contributed by atoms with E-state index in [9.17, 15) is 0 Å². The maximum absolute atomic E-state index is 3.85. The second-order valence-corrected chi connectivity index (χ2v) is 8.57. The van der Waals surface area contributed by atoms with Crippen LogP contribution in [-0.2, 0) is 0 Å². The molecule has 0 bridgehead atoms. The molecule has 0 aromatic rings. The van der Waals surface area contributed by atoms with Crippen molar-refractivity contribution >= 4 is 0 Å². The van der Waals surface area contributed by atoms with Crippen molar-refractivity contribution in [3.05, 3.63) is 0 Å². The van der Waals surface area contributed by atoms with Gasteiger partial charge in [-0.1, -0.05) is 47.0 Å². The van der Waals surface area contributed by atoms with Crippen LogP contribution in [-0.4, -0.2) is 37.1 Å². The molecule has 2 heteroatoms. The zero-order valence-corrected chi connectivity index (χ0v) is 15.0. The summed E-state index contributed by atoms with van der Waals surface area (Å²) in [5.41, 5.74) is 0.484. The Hall–Kier alpha value is -0.0800. The van der Waals surface area contributed by atoms with Gasteiger partial charge in [-0.2, -0.15) is 0 Å². The Labute approximate surface area is 133 Å². The smallest absolute Gasteiger partial charge is 0.0107 e. The van der Waals surface area contributed by atoms with Crippen molar-refractivity contribution in [1.82, 2.24) is 10.2 Å². The Kier molecular flexibility index (Phi) is 6.55. The molecule has 1 aliphatic carbocycles. The second kappa shape index (κ2) is 7.97. The zero-order chi connectivity index (χ0) is 15.3. The van der Waals surface area contributed by atoms with Crippen molar-refractivity contribution in [1.29, 1.82) is 0 Å². The van der Waals surface area contributed by atoms with Crippen molar-refractivity contribution < 1.29 is 0 Å². The maximum atomic E-state index is 3.85. The highest BCUT2D eigenvalue weighted by Crippen LogP contribution is 2.34. The summed E-state index contributed by atoms with van der Waals surface area (Å²) >= 11 is 0. The molecule has 1 aliphatic heterocycles. The van der Waals surface area contributed by atoms with Crippen LogP contribution in [0.3, 0.4) is 0 Å². The van der Waals surface area contributed by atoms with Gasteiger partial charge in [0.25, 0.3) is 0 Å². The van der Waals surface area contributed by atoms with E-state index < -0.39 is 0 Å². The Morgan fingerprint density at radius 1 is 1.05 bits per heavy atom. The van der Waals surface area contributed by atoms with E-state index in [-0.39, 0.29) is 0 Å². The third-order valence-electron chi connectivity index (χ3n) is 5.81. The van der Waals surface area contributed by atoms with Crippen LogP contribution in [0.1, 0.15) is 72.6 Å². The molecular formula is C19H38N2. The number of hydrogen-bond donors (Lipinski definition) is 1. The first-order chi connectivity index (χ1) is 10.0. The lowest BCUT2D eigenvalue weighted by molar-refractivity contribution is 0.193. The Balaban J connectivity index is 1.86. The van der Waals surface area contributed by atoms with Gasteiger partial charge in [0.2, 0.25) is 0 Å². The highest BCUT2D eigenvalue weighted by atomic mass is 15.2. The van der Waals surface area contributed by atoms with Crippen LogP contribution in [0.2, 0.25) is 0 Å². The van der Waals surface area contributed by atoms with Crippen LogP contribution in [0.15, 0.2) is 0 Å². The molecule has 2 aliphatic rings. The molecule has 0 spiro atoms. The highest BCUT2D eigenvalue weighted by molar-refractivity contribution is 4.88. The molecule has 0 aromatic carbocycles. The molecular weight excluding hydrogens is 256 g/mol. The number of likely N-dealkylation sites (tertiary alicyclic amines) is 1. The molecule has 0 aromatic heterocycles. The summed E-state index contributed by atoms with van der Waals surface area (Å²) in [4.78, 5) is 2.77. The van der Waals surface area contributed by atoms with Gasteiger partial charge in [-0.05, 0) is 56.0 Å². The van der Waals surface area contributed by atoms with Crippen molar-refractivity contribution in [3.63, 3.8) is 0 Å². The predicted octanol–water partition coefficient (Wildman–Crippen LogP) is 4.30. The van der Waals surface area contributed by atoms with Gasteiger partial charge in [0.05, 0.1) is 0 Å². The van der Waals surface area contributed by atoms with Gasteiger partial charge in [-0.25, -0.2) is 0 Å². The van der Waals surface area contributed by atoms with Gasteiger partial charge in [0, 0.05) is 19.1 Å². The van der Waals surface area contributed by atoms with E-state index in [0.717, 1.165) is 17.9 Å². The monoisotopic (exact) mass is 294 g/mol. The van der Waals surface area contributed by atoms with E-state index in [1.807, 2.05) is 0 Å². The summed E-state index contributed by atoms with van der Waals surface area (Å²) in [5, 5.41) is 3.85. The number of nitrogens with one attached hydrogen (secondary N) is 1. The molecule has 1 N–H and O–H groups in total. The minimum atomic E-state index is 0.484. The Bertz CT molecular complexity index is 294. The van der Waals surface area contributed by atoms with Gasteiger partial charge >= 0.3 is 0 Å².